The van der Waals surface area contributed by atoms with Gasteiger partial charge < -0.3 is 20.9 Å². The van der Waals surface area contributed by atoms with Gasteiger partial charge in [0.1, 0.15) is 5.52 Å². The third kappa shape index (κ3) is 5.46. The van der Waals surface area contributed by atoms with E-state index in [0.717, 1.165) is 30.4 Å². The van der Waals surface area contributed by atoms with Crippen LogP contribution in [-0.2, 0) is 16.1 Å². The Labute approximate surface area is 180 Å². The molecule has 0 aliphatic rings. The number of nitrogens with two attached hydrogens (primary N) is 1. The molecule has 0 unspecified atom stereocenters. The van der Waals surface area contributed by atoms with Crippen LogP contribution >= 0.6 is 0 Å². The van der Waals surface area contributed by atoms with Gasteiger partial charge in [-0.3, -0.25) is 14.5 Å². The van der Waals surface area contributed by atoms with E-state index in [2.05, 4.69) is 37.0 Å². The zero-order valence-corrected chi connectivity index (χ0v) is 18.1. The first-order valence-corrected chi connectivity index (χ1v) is 10.3. The number of esters is 1. The van der Waals surface area contributed by atoms with Crippen molar-refractivity contribution in [2.75, 3.05) is 24.8 Å². The number of ether oxygens (including phenoxy) is 1. The number of nitrogens with zero attached hydrogens (tertiary/aromatic N) is 5. The summed E-state index contributed by atoms with van der Waals surface area (Å²) in [4.78, 5) is 24.5. The molecule has 0 aromatic carbocycles. The first-order valence-electron chi connectivity index (χ1n) is 10.3. The van der Waals surface area contributed by atoms with Crippen LogP contribution in [0.25, 0.3) is 22.2 Å². The SMILES string of the molecule is CCCC[C@](C)(CO)Nc1nc(N)nc2cc(-c3cnn(CCC(=O)OC)c3)cnc12. The predicted molar refractivity (Wildman–Crippen MR) is 118 cm³/mol. The van der Waals surface area contributed by atoms with Gasteiger partial charge in [-0.15, -0.1) is 0 Å². The molecule has 10 nitrogen and oxygen atoms in total. The number of pyridine rings is 1. The number of hydrogen-bond acceptors (Lipinski definition) is 9. The molecule has 0 spiro atoms. The number of aliphatic hydroxyl groups is 1. The zero-order chi connectivity index (χ0) is 22.4. The number of fused-ring (bicyclic) bond motifs is 1. The number of nitrogens with one attached hydrogen (secondary N) is 1. The molecule has 0 bridgehead atoms. The van der Waals surface area contributed by atoms with Crippen LogP contribution in [0.5, 0.6) is 0 Å². The maximum Gasteiger partial charge on any atom is 0.307 e. The van der Waals surface area contributed by atoms with Crippen molar-refractivity contribution in [1.82, 2.24) is 24.7 Å². The van der Waals surface area contributed by atoms with E-state index in [-0.39, 0.29) is 24.9 Å². The summed E-state index contributed by atoms with van der Waals surface area (Å²) in [6.45, 7) is 4.44. The van der Waals surface area contributed by atoms with Crippen LogP contribution in [0.1, 0.15) is 39.5 Å². The quantitative estimate of drug-likeness (QED) is 0.416. The molecule has 0 saturated carbocycles. The van der Waals surface area contributed by atoms with Crippen molar-refractivity contribution in [3.05, 3.63) is 24.7 Å². The second-order valence-corrected chi connectivity index (χ2v) is 7.79. The lowest BCUT2D eigenvalue weighted by molar-refractivity contribution is -0.140. The smallest absolute Gasteiger partial charge is 0.307 e. The van der Waals surface area contributed by atoms with E-state index in [1.807, 2.05) is 19.2 Å². The van der Waals surface area contributed by atoms with Crippen LogP contribution < -0.4 is 11.1 Å². The normalized spacial score (nSPS) is 13.2. The summed E-state index contributed by atoms with van der Waals surface area (Å²) in [5.41, 5.74) is 8.23. The van der Waals surface area contributed by atoms with Crippen LogP contribution in [0.2, 0.25) is 0 Å². The summed E-state index contributed by atoms with van der Waals surface area (Å²) in [5.74, 6) is 0.333. The molecule has 0 aliphatic heterocycles. The molecule has 0 saturated heterocycles. The molecule has 4 N–H and O–H groups in total. The van der Waals surface area contributed by atoms with Gasteiger partial charge in [0.2, 0.25) is 5.95 Å². The van der Waals surface area contributed by atoms with Gasteiger partial charge in [-0.25, -0.2) is 4.98 Å². The Balaban J connectivity index is 1.88. The molecule has 0 fully saturated rings. The molecular formula is C21H29N7O3. The van der Waals surface area contributed by atoms with Crippen LogP contribution in [0.3, 0.4) is 0 Å². The molecule has 0 radical (unpaired) electrons. The maximum atomic E-state index is 11.3. The Kier molecular flexibility index (Phi) is 7.01. The molecule has 31 heavy (non-hydrogen) atoms. The first-order chi connectivity index (χ1) is 14.9. The highest BCUT2D eigenvalue weighted by atomic mass is 16.5. The van der Waals surface area contributed by atoms with Crippen molar-refractivity contribution in [2.45, 2.75) is 51.6 Å². The van der Waals surface area contributed by atoms with Crippen molar-refractivity contribution < 1.29 is 14.6 Å². The molecule has 3 rings (SSSR count). The highest BCUT2D eigenvalue weighted by molar-refractivity contribution is 5.89. The molecule has 3 aromatic rings. The van der Waals surface area contributed by atoms with Gasteiger partial charge >= 0.3 is 5.97 Å². The highest BCUT2D eigenvalue weighted by Crippen LogP contribution is 2.28. The van der Waals surface area contributed by atoms with E-state index < -0.39 is 5.54 Å². The molecule has 10 heteroatoms. The fraction of sp³-hybridized carbons (Fsp3) is 0.476. The Bertz CT molecular complexity index is 1050. The van der Waals surface area contributed by atoms with Crippen molar-refractivity contribution in [2.24, 2.45) is 0 Å². The lowest BCUT2D eigenvalue weighted by Crippen LogP contribution is -2.39. The molecule has 0 aliphatic carbocycles. The van der Waals surface area contributed by atoms with E-state index in [9.17, 15) is 9.90 Å². The van der Waals surface area contributed by atoms with Crippen LogP contribution in [-0.4, -0.2) is 55.1 Å². The lowest BCUT2D eigenvalue weighted by atomic mass is 9.96. The van der Waals surface area contributed by atoms with Crippen molar-refractivity contribution in [3.8, 4) is 11.1 Å². The van der Waals surface area contributed by atoms with Crippen LogP contribution in [0.4, 0.5) is 11.8 Å². The Morgan fingerprint density at radius 1 is 1.32 bits per heavy atom. The third-order valence-electron chi connectivity index (χ3n) is 5.14. The standard InChI is InChI=1S/C21H29N7O3/c1-4-5-7-21(2,13-29)27-19-18-16(25-20(22)26-19)9-14(10-23-18)15-11-24-28(12-15)8-6-17(30)31-3/h9-12,29H,4-8,13H2,1-3H3,(H3,22,25,26,27)/t21-/m1/s1. The fourth-order valence-electron chi connectivity index (χ4n) is 3.26. The van der Waals surface area contributed by atoms with Gasteiger partial charge in [0, 0.05) is 23.5 Å². The second kappa shape index (κ2) is 9.69. The summed E-state index contributed by atoms with van der Waals surface area (Å²) in [5, 5.41) is 17.5. The average molecular weight is 428 g/mol. The number of carbonyl (C=O) groups is 1. The first kappa shape index (κ1) is 22.4. The number of rotatable bonds is 10. The number of methoxy groups -OCH3 is 1. The van der Waals surface area contributed by atoms with Crippen LogP contribution in [0.15, 0.2) is 24.7 Å². The minimum absolute atomic E-state index is 0.0404. The second-order valence-electron chi connectivity index (χ2n) is 7.79. The van der Waals surface area contributed by atoms with Gasteiger partial charge in [-0.05, 0) is 19.4 Å². The molecule has 166 valence electrons. The fourth-order valence-corrected chi connectivity index (χ4v) is 3.26. The summed E-state index contributed by atoms with van der Waals surface area (Å²) < 4.78 is 6.34. The highest BCUT2D eigenvalue weighted by Gasteiger charge is 2.24. The molecule has 0 amide bonds. The third-order valence-corrected chi connectivity index (χ3v) is 5.14. The number of aromatic nitrogens is 5. The maximum absolute atomic E-state index is 11.3. The Morgan fingerprint density at radius 3 is 2.84 bits per heavy atom. The van der Waals surface area contributed by atoms with Crippen molar-refractivity contribution >= 4 is 28.8 Å². The lowest BCUT2D eigenvalue weighted by Gasteiger charge is -2.29. The van der Waals surface area contributed by atoms with Gasteiger partial charge in [0.25, 0.3) is 0 Å². The molecule has 3 aromatic heterocycles. The largest absolute Gasteiger partial charge is 0.469 e. The summed E-state index contributed by atoms with van der Waals surface area (Å²) in [6.07, 6.45) is 8.29. The number of aryl methyl sites for hydroxylation is 1. The number of anilines is 2. The monoisotopic (exact) mass is 427 g/mol. The van der Waals surface area contributed by atoms with E-state index in [1.54, 1.807) is 17.1 Å². The molecule has 3 heterocycles. The van der Waals surface area contributed by atoms with Gasteiger partial charge in [0.05, 0.1) is 43.9 Å². The minimum atomic E-state index is -0.537. The van der Waals surface area contributed by atoms with Gasteiger partial charge in [-0.2, -0.15) is 10.1 Å². The number of hydrogen-bond donors (Lipinski definition) is 3. The summed E-state index contributed by atoms with van der Waals surface area (Å²) >= 11 is 0. The van der Waals surface area contributed by atoms with E-state index in [4.69, 9.17) is 5.73 Å². The number of aliphatic hydroxyl groups excluding tert-OH is 1. The number of nitrogen functional groups attached to an aromatic ring is 1. The summed E-state index contributed by atoms with van der Waals surface area (Å²) in [7, 11) is 1.36. The van der Waals surface area contributed by atoms with E-state index in [0.29, 0.717) is 23.4 Å². The Hall–Kier alpha value is -3.27. The average Bonchev–Trinajstić information content (AvgIpc) is 3.24. The topological polar surface area (TPSA) is 141 Å². The minimum Gasteiger partial charge on any atom is -0.469 e. The van der Waals surface area contributed by atoms with E-state index >= 15 is 0 Å². The molecule has 1 atom stereocenters. The van der Waals surface area contributed by atoms with Gasteiger partial charge in [0.15, 0.2) is 5.82 Å². The van der Waals surface area contributed by atoms with Gasteiger partial charge in [-0.1, -0.05) is 19.8 Å². The molecular weight excluding hydrogens is 398 g/mol. The zero-order valence-electron chi connectivity index (χ0n) is 18.1. The number of carbonyl (C=O) groups excluding carboxylic acids is 1. The van der Waals surface area contributed by atoms with Crippen LogP contribution in [0, 0.1) is 0 Å². The predicted octanol–water partition coefficient (Wildman–Crippen LogP) is 2.39. The van der Waals surface area contributed by atoms with Crippen molar-refractivity contribution in [3.63, 3.8) is 0 Å². The number of unbranched alkanes of at least 4 members (excludes halogenated alkanes) is 1. The summed E-state index contributed by atoms with van der Waals surface area (Å²) in [6, 6.07) is 1.87. The Morgan fingerprint density at radius 2 is 2.13 bits per heavy atom. The van der Waals surface area contributed by atoms with E-state index in [1.165, 1.54) is 7.11 Å². The van der Waals surface area contributed by atoms with Crippen molar-refractivity contribution in [1.29, 1.82) is 0 Å².